The first-order valence-electron chi connectivity index (χ1n) is 36.4. The van der Waals surface area contributed by atoms with E-state index in [9.17, 15) is 4.79 Å². The molecule has 13 rings (SSSR count). The van der Waals surface area contributed by atoms with Crippen LogP contribution in [0.5, 0.6) is 0 Å². The molecule has 19 nitrogen and oxygen atoms in total. The zero-order chi connectivity index (χ0) is 71.2. The number of benzene rings is 8. The van der Waals surface area contributed by atoms with Gasteiger partial charge in [-0.1, -0.05) is 263 Å². The molecule has 8 aromatic rings. The molecular weight excluding hydrogens is 1320 g/mol. The van der Waals surface area contributed by atoms with Gasteiger partial charge in [0, 0.05) is 19.1 Å². The Morgan fingerprint density at radius 1 is 0.404 bits per heavy atom. The van der Waals surface area contributed by atoms with Crippen LogP contribution in [-0.2, 0) is 115 Å². The first-order chi connectivity index (χ1) is 51.2. The van der Waals surface area contributed by atoms with Crippen LogP contribution in [0.1, 0.15) is 118 Å². The summed E-state index contributed by atoms with van der Waals surface area (Å²) in [5.74, 6) is -1.94. The van der Waals surface area contributed by atoms with Crippen molar-refractivity contribution in [3.05, 3.63) is 287 Å². The van der Waals surface area contributed by atoms with Gasteiger partial charge in [0.15, 0.2) is 31.3 Å². The fraction of sp³-hybridized carbons (Fsp3) is 0.400. The zero-order valence-electron chi connectivity index (χ0n) is 58.9. The maximum absolute atomic E-state index is 15.8. The van der Waals surface area contributed by atoms with Gasteiger partial charge < -0.3 is 71.1 Å². The Kier molecular flexibility index (Phi) is 26.8. The molecule has 0 radical (unpaired) electrons. The van der Waals surface area contributed by atoms with Gasteiger partial charge in [-0.25, -0.2) is 0 Å². The number of rotatable bonds is 35. The van der Waals surface area contributed by atoms with Crippen molar-refractivity contribution in [1.29, 1.82) is 0 Å². The predicted octanol–water partition coefficient (Wildman–Crippen LogP) is 13.8. The normalized spacial score (nSPS) is 26.7. The summed E-state index contributed by atoms with van der Waals surface area (Å²) in [6, 6.07) is 73.1. The molecule has 19 heteroatoms. The third-order valence-electron chi connectivity index (χ3n) is 19.3. The Hall–Kier alpha value is -8.19. The summed E-state index contributed by atoms with van der Waals surface area (Å²) in [6.45, 7) is 4.25. The molecule has 0 aromatic heterocycles. The third kappa shape index (κ3) is 19.3. The van der Waals surface area contributed by atoms with Crippen molar-refractivity contribution in [2.45, 2.75) is 190 Å². The lowest BCUT2D eigenvalue weighted by molar-refractivity contribution is -0.397. The molecule has 8 aromatic carbocycles. The summed E-state index contributed by atoms with van der Waals surface area (Å²) in [4.78, 5) is 46.5. The molecule has 2 amide bonds. The van der Waals surface area contributed by atoms with Crippen molar-refractivity contribution in [2.75, 3.05) is 26.4 Å². The number of amides is 2. The Bertz CT molecular complexity index is 3850. The zero-order valence-corrected chi connectivity index (χ0v) is 58.9. The Morgan fingerprint density at radius 2 is 0.827 bits per heavy atom. The minimum Gasteiger partial charge on any atom is -0.454 e. The summed E-state index contributed by atoms with van der Waals surface area (Å²) >= 11 is 0. The van der Waals surface area contributed by atoms with Crippen molar-refractivity contribution in [1.82, 2.24) is 4.90 Å². The third-order valence-corrected chi connectivity index (χ3v) is 19.3. The van der Waals surface area contributed by atoms with E-state index in [1.54, 1.807) is 24.3 Å². The van der Waals surface area contributed by atoms with E-state index >= 15 is 9.59 Å². The van der Waals surface area contributed by atoms with Crippen LogP contribution >= 0.6 is 0 Å². The highest BCUT2D eigenvalue weighted by Gasteiger charge is 2.61. The summed E-state index contributed by atoms with van der Waals surface area (Å²) < 4.78 is 106. The van der Waals surface area contributed by atoms with Gasteiger partial charge >= 0.3 is 5.97 Å². The molecule has 16 atom stereocenters. The van der Waals surface area contributed by atoms with E-state index in [0.717, 1.165) is 75.9 Å². The van der Waals surface area contributed by atoms with E-state index in [0.29, 0.717) is 6.42 Å². The maximum atomic E-state index is 15.8. The quantitative estimate of drug-likeness (QED) is 0.0207. The monoisotopic (exact) mass is 1420 g/mol. The van der Waals surface area contributed by atoms with Crippen molar-refractivity contribution in [3.63, 3.8) is 0 Å². The minimum atomic E-state index is -1.63. The van der Waals surface area contributed by atoms with E-state index in [4.69, 9.17) is 71.1 Å². The number of unbranched alkanes of at least 4 members (excludes halogenated alkanes) is 5. The van der Waals surface area contributed by atoms with Gasteiger partial charge in [0.2, 0.25) is 0 Å². The smallest absolute Gasteiger partial charge is 0.303 e. The molecule has 0 aliphatic carbocycles. The fourth-order valence-electron chi connectivity index (χ4n) is 14.1. The molecule has 0 unspecified atom stereocenters. The number of hydrogen-bond acceptors (Lipinski definition) is 18. The van der Waals surface area contributed by atoms with Crippen LogP contribution in [0.3, 0.4) is 0 Å². The molecular formula is C85H93NO18. The number of nitrogens with zero attached hydrogens (tertiary/aromatic N) is 1. The Balaban J connectivity index is 0.939. The van der Waals surface area contributed by atoms with Crippen LogP contribution in [0.15, 0.2) is 237 Å². The SMILES string of the molecule is CCCCCCCCO[C@H]1O[C@H](COCc2ccccc2)[C@@H](OCc2ccccc2)[C@H](OCc2ccccc2)[C@@H]1O[C@@H]1O[C@H](COCc2ccccc2)[C@@H](O[C@@H]2O[C@@H]3CO[C@@H](c4ccccc4)O[C@H]3[C@H](OCc3ccccc3)[C@H]2OC(C)=O)[C@H](OCc2ccccc2)[C@H]1N1C(=O)c2ccccc2C1=O. The van der Waals surface area contributed by atoms with Crippen LogP contribution in [0.25, 0.3) is 0 Å². The Morgan fingerprint density at radius 3 is 1.34 bits per heavy atom. The topological polar surface area (TPSA) is 193 Å². The second-order valence-electron chi connectivity index (χ2n) is 26.8. The van der Waals surface area contributed by atoms with Gasteiger partial charge in [-0.2, -0.15) is 0 Å². The van der Waals surface area contributed by atoms with Crippen LogP contribution in [0.2, 0.25) is 0 Å². The number of carbonyl (C=O) groups excluding carboxylic acids is 3. The van der Waals surface area contributed by atoms with Crippen molar-refractivity contribution in [2.24, 2.45) is 0 Å². The van der Waals surface area contributed by atoms with E-state index < -0.39 is 116 Å². The fourth-order valence-corrected chi connectivity index (χ4v) is 14.1. The van der Waals surface area contributed by atoms with Crippen LogP contribution in [0, 0.1) is 0 Å². The van der Waals surface area contributed by atoms with Gasteiger partial charge in [0.1, 0.15) is 67.1 Å². The summed E-state index contributed by atoms with van der Waals surface area (Å²) in [5, 5.41) is 0. The second kappa shape index (κ2) is 37.7. The van der Waals surface area contributed by atoms with Gasteiger partial charge in [-0.15, -0.1) is 0 Å². The number of hydrogen-bond donors (Lipinski definition) is 0. The average Bonchev–Trinajstić information content (AvgIpc) is 1.41. The summed E-state index contributed by atoms with van der Waals surface area (Å²) in [5.41, 5.74) is 6.24. The molecule has 546 valence electrons. The van der Waals surface area contributed by atoms with Crippen LogP contribution < -0.4 is 0 Å². The molecule has 4 saturated heterocycles. The molecule has 5 aliphatic rings. The minimum absolute atomic E-state index is 0.00347. The van der Waals surface area contributed by atoms with E-state index in [-0.39, 0.29) is 77.2 Å². The first kappa shape index (κ1) is 74.1. The largest absolute Gasteiger partial charge is 0.454 e. The number of fused-ring (bicyclic) bond motifs is 2. The highest BCUT2D eigenvalue weighted by molar-refractivity contribution is 6.21. The van der Waals surface area contributed by atoms with Crippen molar-refractivity contribution < 1.29 is 85.4 Å². The van der Waals surface area contributed by atoms with Gasteiger partial charge in [0.05, 0.1) is 70.6 Å². The summed E-state index contributed by atoms with van der Waals surface area (Å²) in [7, 11) is 0. The van der Waals surface area contributed by atoms with E-state index in [2.05, 4.69) is 6.92 Å². The number of esters is 1. The molecule has 104 heavy (non-hydrogen) atoms. The molecule has 0 saturated carbocycles. The lowest BCUT2D eigenvalue weighted by Crippen LogP contribution is -2.71. The molecule has 5 aliphatic heterocycles. The van der Waals surface area contributed by atoms with Crippen LogP contribution in [0.4, 0.5) is 0 Å². The molecule has 4 fully saturated rings. The van der Waals surface area contributed by atoms with Gasteiger partial charge in [-0.3, -0.25) is 19.3 Å². The van der Waals surface area contributed by atoms with E-state index in [1.165, 1.54) is 6.92 Å². The van der Waals surface area contributed by atoms with E-state index in [1.807, 2.05) is 212 Å². The highest BCUT2D eigenvalue weighted by Crippen LogP contribution is 2.43. The number of carbonyl (C=O) groups is 3. The standard InChI is InChI=1S/C85H93NO18/c1-3-4-5-6-7-31-48-92-84-78(76(95-53-63-40-23-12-24-41-63)72(93-51-61-36-19-10-20-37-61)68(100-84)55-90-49-59-32-15-8-16-33-59)104-83-71(86-80(88)66-46-29-30-47-67(66)81(86)89)75(94-52-62-38-21-11-22-39-62)73(69(99-83)56-91-50-60-34-17-9-18-35-60)103-85-79(98-58(2)87)77(96-54-64-42-25-13-26-43-64)74-70(101-85)57-97-82(102-74)65-44-27-14-28-45-65/h8-30,32-47,68-79,82-85H,3-7,31,48-57H2,1-2H3/t68-,69-,70-,71-,72-,73-,74-,75-,76+,77+,78+,79-,82-,83+,84+,85+/m1/s1. The highest BCUT2D eigenvalue weighted by atomic mass is 16.8. The summed E-state index contributed by atoms with van der Waals surface area (Å²) in [6.07, 6.45) is -11.5. The van der Waals surface area contributed by atoms with Gasteiger partial charge in [0.25, 0.3) is 11.8 Å². The molecule has 0 bridgehead atoms. The average molecular weight is 1420 g/mol. The predicted molar refractivity (Wildman–Crippen MR) is 384 cm³/mol. The first-order valence-corrected chi connectivity index (χ1v) is 36.4. The van der Waals surface area contributed by atoms with Crippen molar-refractivity contribution >= 4 is 17.8 Å². The lowest BCUT2D eigenvalue weighted by atomic mass is 9.93. The molecule has 5 heterocycles. The van der Waals surface area contributed by atoms with Gasteiger partial charge in [-0.05, 0) is 51.9 Å². The molecule has 0 N–H and O–H groups in total. The number of ether oxygens (including phenoxy) is 15. The Labute approximate surface area is 608 Å². The van der Waals surface area contributed by atoms with Crippen molar-refractivity contribution in [3.8, 4) is 0 Å². The number of imide groups is 1. The van der Waals surface area contributed by atoms with Crippen LogP contribution in [-0.4, -0.2) is 141 Å². The molecule has 0 spiro atoms. The second-order valence-corrected chi connectivity index (χ2v) is 26.8. The maximum Gasteiger partial charge on any atom is 0.303 e. The lowest BCUT2D eigenvalue weighted by Gasteiger charge is -2.53.